The van der Waals surface area contributed by atoms with E-state index in [0.29, 0.717) is 55.9 Å². The normalized spacial score (nSPS) is 10.2. The standard InChI is InChI=1S/C16H22ClNO5.C12H16ClNO3.C11H14ClNO3.C7H4ClNO.ClH/c1-5-21-14(19)10-22-13-8-12(17)7-6-11(13)9-18-15(20)23-16(2,3)4;1-12(2,3)17-11(16)14-7-8-4-5-9(13)6-10(8)15;1-2-15-11(14)7-16-10-5-9(12)4-3-8(10)6-13;8-6-2-1-5(4-9)7(10)3-6;/h6-8H,5,9-10H2,1-4H3,(H,18,20);4-6,15H,7H2,1-3H3,(H,14,16);3-5H,2,6-7,13H2,1H3;1-3,10H;1H. The zero-order valence-electron chi connectivity index (χ0n) is 38.3. The number of rotatable bonds is 13. The molecule has 0 heterocycles. The monoisotopic (exact) mass is 1030 g/mol. The number of alkyl carbamates (subject to hydrolysis) is 2. The van der Waals surface area contributed by atoms with Crippen molar-refractivity contribution >= 4 is 82.9 Å². The second kappa shape index (κ2) is 31.4. The maximum absolute atomic E-state index is 11.7. The molecule has 0 radical (unpaired) electrons. The van der Waals surface area contributed by atoms with Crippen molar-refractivity contribution in [3.63, 3.8) is 0 Å². The van der Waals surface area contributed by atoms with E-state index in [1.54, 1.807) is 110 Å². The Balaban J connectivity index is 0.000000892. The Kier molecular flexibility index (Phi) is 28.8. The fourth-order valence-electron chi connectivity index (χ4n) is 4.57. The summed E-state index contributed by atoms with van der Waals surface area (Å²) in [5.41, 5.74) is 6.71. The summed E-state index contributed by atoms with van der Waals surface area (Å²) in [5.74, 6) is 0.0113. The Morgan fingerprint density at radius 1 is 0.612 bits per heavy atom. The second-order valence-corrected chi connectivity index (χ2v) is 16.9. The van der Waals surface area contributed by atoms with Crippen LogP contribution >= 0.6 is 58.8 Å². The summed E-state index contributed by atoms with van der Waals surface area (Å²) in [6.07, 6.45) is -1.06. The number of nitriles is 1. The fourth-order valence-corrected chi connectivity index (χ4v) is 5.22. The molecule has 4 aromatic carbocycles. The third-order valence-corrected chi connectivity index (χ3v) is 8.29. The van der Waals surface area contributed by atoms with Crippen molar-refractivity contribution in [2.75, 3.05) is 26.4 Å². The van der Waals surface area contributed by atoms with Crippen LogP contribution in [0.4, 0.5) is 9.59 Å². The average Bonchev–Trinajstić information content (AvgIpc) is 3.21. The number of aromatic hydroxyl groups is 2. The molecule has 368 valence electrons. The summed E-state index contributed by atoms with van der Waals surface area (Å²) >= 11 is 22.9. The molecule has 0 saturated carbocycles. The van der Waals surface area contributed by atoms with E-state index in [1.807, 2.05) is 6.07 Å². The number of amides is 2. The number of ether oxygens (including phenoxy) is 6. The minimum atomic E-state index is -0.576. The van der Waals surface area contributed by atoms with E-state index in [1.165, 1.54) is 18.2 Å². The number of phenolic OH excluding ortho intramolecular Hbond substituents is 2. The van der Waals surface area contributed by atoms with Gasteiger partial charge in [-0.15, -0.1) is 12.4 Å². The maximum atomic E-state index is 11.7. The highest BCUT2D eigenvalue weighted by Crippen LogP contribution is 2.25. The van der Waals surface area contributed by atoms with Crippen molar-refractivity contribution in [2.24, 2.45) is 5.73 Å². The fraction of sp³-hybridized carbons (Fsp3) is 0.370. The van der Waals surface area contributed by atoms with Gasteiger partial charge in [-0.1, -0.05) is 64.6 Å². The predicted molar refractivity (Wildman–Crippen MR) is 259 cm³/mol. The van der Waals surface area contributed by atoms with E-state index in [-0.39, 0.29) is 62.4 Å². The van der Waals surface area contributed by atoms with Crippen LogP contribution in [0.3, 0.4) is 0 Å². The second-order valence-electron chi connectivity index (χ2n) is 15.2. The van der Waals surface area contributed by atoms with Gasteiger partial charge in [0.2, 0.25) is 0 Å². The summed E-state index contributed by atoms with van der Waals surface area (Å²) < 4.78 is 30.5. The summed E-state index contributed by atoms with van der Waals surface area (Å²) in [6.45, 7) is 15.1. The molecule has 0 spiro atoms. The number of nitrogens with one attached hydrogen (secondary N) is 2. The third-order valence-electron chi connectivity index (χ3n) is 7.35. The molecule has 4 rings (SSSR count). The molecule has 2 amide bonds. The first-order valence-electron chi connectivity index (χ1n) is 20.0. The highest BCUT2D eigenvalue weighted by atomic mass is 35.5. The first-order valence-corrected chi connectivity index (χ1v) is 21.5. The molecule has 4 aromatic rings. The van der Waals surface area contributed by atoms with Gasteiger partial charge < -0.3 is 55.0 Å². The summed E-state index contributed by atoms with van der Waals surface area (Å²) in [4.78, 5) is 45.5. The highest BCUT2D eigenvalue weighted by Gasteiger charge is 2.18. The van der Waals surface area contributed by atoms with Gasteiger partial charge in [0.1, 0.15) is 40.3 Å². The molecular formula is C46H57Cl5N4O12. The van der Waals surface area contributed by atoms with Gasteiger partial charge in [-0.25, -0.2) is 19.2 Å². The lowest BCUT2D eigenvalue weighted by atomic mass is 10.2. The molecular weight excluding hydrogens is 978 g/mol. The molecule has 21 heteroatoms. The number of esters is 2. The number of hydrogen-bond acceptors (Lipinski definition) is 14. The van der Waals surface area contributed by atoms with E-state index in [9.17, 15) is 24.3 Å². The molecule has 0 atom stereocenters. The van der Waals surface area contributed by atoms with Crippen molar-refractivity contribution < 1.29 is 57.8 Å². The Bertz CT molecular complexity index is 2250. The summed E-state index contributed by atoms with van der Waals surface area (Å²) in [6, 6.07) is 21.0. The van der Waals surface area contributed by atoms with E-state index < -0.39 is 35.3 Å². The number of nitrogens with two attached hydrogens (primary N) is 1. The van der Waals surface area contributed by atoms with Gasteiger partial charge in [-0.3, -0.25) is 0 Å². The van der Waals surface area contributed by atoms with Crippen molar-refractivity contribution in [3.8, 4) is 29.1 Å². The smallest absolute Gasteiger partial charge is 0.407 e. The van der Waals surface area contributed by atoms with Gasteiger partial charge in [0, 0.05) is 56.4 Å². The molecule has 0 saturated heterocycles. The SMILES string of the molecule is CC(C)(C)OC(=O)NCc1ccc(Cl)cc1O.CCOC(=O)COc1cc(Cl)ccc1CN.CCOC(=O)COc1cc(Cl)ccc1CNC(=O)OC(C)(C)C.Cl.N#Cc1ccc(Cl)cc1O. The lowest BCUT2D eigenvalue weighted by molar-refractivity contribution is -0.146. The van der Waals surface area contributed by atoms with Crippen LogP contribution in [0.15, 0.2) is 72.8 Å². The topological polar surface area (TPSA) is 238 Å². The Labute approximate surface area is 417 Å². The molecule has 0 aliphatic carbocycles. The first kappa shape index (κ1) is 61.5. The number of carbonyl (C=O) groups is 4. The van der Waals surface area contributed by atoms with Crippen LogP contribution in [0.5, 0.6) is 23.0 Å². The lowest BCUT2D eigenvalue weighted by Crippen LogP contribution is -2.32. The number of benzene rings is 4. The van der Waals surface area contributed by atoms with Gasteiger partial charge in [0.15, 0.2) is 13.2 Å². The quantitative estimate of drug-likeness (QED) is 0.0619. The van der Waals surface area contributed by atoms with Gasteiger partial charge in [0.25, 0.3) is 0 Å². The zero-order valence-corrected chi connectivity index (χ0v) is 42.1. The van der Waals surface area contributed by atoms with Gasteiger partial charge in [0.05, 0.1) is 18.8 Å². The van der Waals surface area contributed by atoms with Crippen molar-refractivity contribution in [2.45, 2.75) is 86.2 Å². The lowest BCUT2D eigenvalue weighted by Gasteiger charge is -2.20. The highest BCUT2D eigenvalue weighted by molar-refractivity contribution is 6.31. The Morgan fingerprint density at radius 2 is 0.985 bits per heavy atom. The number of hydrogen-bond donors (Lipinski definition) is 5. The van der Waals surface area contributed by atoms with Crippen LogP contribution in [0.2, 0.25) is 20.1 Å². The number of halogens is 5. The van der Waals surface area contributed by atoms with Crippen LogP contribution in [0.25, 0.3) is 0 Å². The summed E-state index contributed by atoms with van der Waals surface area (Å²) in [5, 5.41) is 34.0. The van der Waals surface area contributed by atoms with Gasteiger partial charge in [-0.2, -0.15) is 5.26 Å². The molecule has 0 aromatic heterocycles. The molecule has 0 aliphatic rings. The van der Waals surface area contributed by atoms with E-state index in [2.05, 4.69) is 10.6 Å². The average molecular weight is 1040 g/mol. The van der Waals surface area contributed by atoms with Crippen LogP contribution < -0.4 is 25.8 Å². The van der Waals surface area contributed by atoms with Crippen LogP contribution in [-0.2, 0) is 48.2 Å². The molecule has 16 nitrogen and oxygen atoms in total. The predicted octanol–water partition coefficient (Wildman–Crippen LogP) is 10.5. The maximum Gasteiger partial charge on any atom is 0.407 e. The molecule has 0 unspecified atom stereocenters. The largest absolute Gasteiger partial charge is 0.508 e. The van der Waals surface area contributed by atoms with Gasteiger partial charge >= 0.3 is 24.1 Å². The van der Waals surface area contributed by atoms with Crippen LogP contribution in [0, 0.1) is 11.3 Å². The van der Waals surface area contributed by atoms with E-state index in [4.69, 9.17) is 90.9 Å². The van der Waals surface area contributed by atoms with Gasteiger partial charge in [-0.05, 0) is 110 Å². The van der Waals surface area contributed by atoms with E-state index >= 15 is 0 Å². The molecule has 0 bridgehead atoms. The Morgan fingerprint density at radius 3 is 1.37 bits per heavy atom. The van der Waals surface area contributed by atoms with E-state index in [0.717, 1.165) is 5.56 Å². The number of nitrogens with zero attached hydrogens (tertiary/aromatic N) is 1. The third kappa shape index (κ3) is 27.6. The van der Waals surface area contributed by atoms with Crippen molar-refractivity contribution in [3.05, 3.63) is 115 Å². The Hall–Kier alpha value is -5.54. The molecule has 6 N–H and O–H groups in total. The minimum absolute atomic E-state index is 0. The number of carbonyl (C=O) groups excluding carboxylic acids is 4. The molecule has 67 heavy (non-hydrogen) atoms. The van der Waals surface area contributed by atoms with Crippen LogP contribution in [0.1, 0.15) is 77.6 Å². The molecule has 0 fully saturated rings. The zero-order chi connectivity index (χ0) is 50.0. The first-order chi connectivity index (χ1) is 30.9. The molecule has 0 aliphatic heterocycles. The minimum Gasteiger partial charge on any atom is -0.508 e. The van der Waals surface area contributed by atoms with Crippen LogP contribution in [-0.4, -0.2) is 72.0 Å². The van der Waals surface area contributed by atoms with Crippen molar-refractivity contribution in [1.29, 1.82) is 5.26 Å². The summed E-state index contributed by atoms with van der Waals surface area (Å²) in [7, 11) is 0. The number of phenols is 2. The van der Waals surface area contributed by atoms with Crippen molar-refractivity contribution in [1.82, 2.24) is 10.6 Å².